The quantitative estimate of drug-likeness (QED) is 0.611. The van der Waals surface area contributed by atoms with Crippen LogP contribution >= 0.6 is 0 Å². The molecule has 1 radical (unpaired) electrons. The zero-order valence-electron chi connectivity index (χ0n) is 7.18. The predicted octanol–water partition coefficient (Wildman–Crippen LogP) is 1.36. The Bertz CT molecular complexity index is 119. The van der Waals surface area contributed by atoms with Crippen LogP contribution in [0.2, 0.25) is 0 Å². The summed E-state index contributed by atoms with van der Waals surface area (Å²) in [7, 11) is 2.01. The molecule has 0 N–H and O–H groups in total. The Hall–Kier alpha value is -0.370. The minimum Gasteiger partial charge on any atom is -0.296 e. The molecule has 0 aromatic carbocycles. The summed E-state index contributed by atoms with van der Waals surface area (Å²) < 4.78 is 0. The van der Waals surface area contributed by atoms with Crippen molar-refractivity contribution in [3.8, 4) is 0 Å². The fourth-order valence-electron chi connectivity index (χ4n) is 1.75. The summed E-state index contributed by atoms with van der Waals surface area (Å²) >= 11 is 0. The van der Waals surface area contributed by atoms with Crippen molar-refractivity contribution in [2.24, 2.45) is 0 Å². The average Bonchev–Trinajstić information content (AvgIpc) is 2.07. The highest BCUT2D eigenvalue weighted by Gasteiger charge is 2.16. The normalized spacial score (nSPS) is 20.5. The summed E-state index contributed by atoms with van der Waals surface area (Å²) in [6, 6.07) is 0.644. The lowest BCUT2D eigenvalue weighted by atomic mass is 9.94. The van der Waals surface area contributed by atoms with Crippen molar-refractivity contribution in [2.45, 2.75) is 38.1 Å². The van der Waals surface area contributed by atoms with E-state index in [1.54, 1.807) is 0 Å². The van der Waals surface area contributed by atoms with Crippen LogP contribution in [0.1, 0.15) is 32.1 Å². The van der Waals surface area contributed by atoms with E-state index in [9.17, 15) is 4.79 Å². The van der Waals surface area contributed by atoms with Crippen LogP contribution in [-0.2, 0) is 4.79 Å². The molecule has 0 spiro atoms. The van der Waals surface area contributed by atoms with Crippen LogP contribution in [0.15, 0.2) is 0 Å². The van der Waals surface area contributed by atoms with Crippen molar-refractivity contribution >= 4 is 6.29 Å². The third kappa shape index (κ3) is 2.62. The molecule has 1 aliphatic carbocycles. The minimum atomic E-state index is 0.477. The number of rotatable bonds is 3. The van der Waals surface area contributed by atoms with Gasteiger partial charge in [0.2, 0.25) is 6.29 Å². The van der Waals surface area contributed by atoms with E-state index >= 15 is 0 Å². The summed E-state index contributed by atoms with van der Waals surface area (Å²) in [6.45, 7) is 0.477. The third-order valence-corrected chi connectivity index (χ3v) is 2.51. The van der Waals surface area contributed by atoms with Crippen molar-refractivity contribution in [3.05, 3.63) is 0 Å². The standard InChI is InChI=1S/C9H16NO/c1-10(7-8-11)9-5-3-2-4-6-9/h9H,2-7H2,1H3. The van der Waals surface area contributed by atoms with Crippen LogP contribution in [0.25, 0.3) is 0 Å². The molecule has 1 rings (SSSR count). The maximum atomic E-state index is 10.1. The zero-order chi connectivity index (χ0) is 8.10. The lowest BCUT2D eigenvalue weighted by Gasteiger charge is -2.29. The van der Waals surface area contributed by atoms with Gasteiger partial charge in [-0.2, -0.15) is 0 Å². The number of hydrogen-bond donors (Lipinski definition) is 0. The molecule has 1 saturated carbocycles. The molecular weight excluding hydrogens is 138 g/mol. The van der Waals surface area contributed by atoms with Gasteiger partial charge < -0.3 is 0 Å². The highest BCUT2D eigenvalue weighted by Crippen LogP contribution is 2.20. The van der Waals surface area contributed by atoms with Gasteiger partial charge in [0.15, 0.2) is 0 Å². The first-order chi connectivity index (χ1) is 5.34. The molecule has 1 aliphatic rings. The van der Waals surface area contributed by atoms with Gasteiger partial charge in [-0.25, -0.2) is 0 Å². The highest BCUT2D eigenvalue weighted by molar-refractivity contribution is 5.52. The van der Waals surface area contributed by atoms with Gasteiger partial charge in [-0.1, -0.05) is 19.3 Å². The van der Waals surface area contributed by atoms with Crippen LogP contribution in [0.3, 0.4) is 0 Å². The van der Waals surface area contributed by atoms with Gasteiger partial charge in [-0.05, 0) is 19.9 Å². The van der Waals surface area contributed by atoms with E-state index in [4.69, 9.17) is 0 Å². The van der Waals surface area contributed by atoms with Gasteiger partial charge in [-0.3, -0.25) is 9.69 Å². The fourth-order valence-corrected chi connectivity index (χ4v) is 1.75. The van der Waals surface area contributed by atoms with E-state index in [2.05, 4.69) is 4.90 Å². The van der Waals surface area contributed by atoms with E-state index in [1.165, 1.54) is 32.1 Å². The molecular formula is C9H16NO. The molecule has 1 fully saturated rings. The molecule has 0 bridgehead atoms. The summed E-state index contributed by atoms with van der Waals surface area (Å²) in [5.74, 6) is 0. The molecule has 0 amide bonds. The van der Waals surface area contributed by atoms with Gasteiger partial charge >= 0.3 is 0 Å². The Balaban J connectivity index is 2.26. The van der Waals surface area contributed by atoms with Gasteiger partial charge in [-0.15, -0.1) is 0 Å². The van der Waals surface area contributed by atoms with E-state index in [-0.39, 0.29) is 0 Å². The summed E-state index contributed by atoms with van der Waals surface area (Å²) in [5.41, 5.74) is 0. The first-order valence-electron chi connectivity index (χ1n) is 4.40. The number of nitrogens with zero attached hydrogens (tertiary/aromatic N) is 1. The number of likely N-dealkylation sites (N-methyl/N-ethyl adjacent to an activating group) is 1. The largest absolute Gasteiger partial charge is 0.296 e. The summed E-state index contributed by atoms with van der Waals surface area (Å²) in [4.78, 5) is 12.2. The smallest absolute Gasteiger partial charge is 0.213 e. The summed E-state index contributed by atoms with van der Waals surface area (Å²) in [5, 5.41) is 0. The lowest BCUT2D eigenvalue weighted by molar-refractivity contribution is 0.213. The molecule has 0 heterocycles. The molecule has 0 aromatic heterocycles. The first-order valence-corrected chi connectivity index (χ1v) is 4.40. The van der Waals surface area contributed by atoms with E-state index in [0.717, 1.165) is 0 Å². The first kappa shape index (κ1) is 8.72. The second-order valence-corrected chi connectivity index (χ2v) is 3.35. The second kappa shape index (κ2) is 4.50. The van der Waals surface area contributed by atoms with E-state index < -0.39 is 0 Å². The molecule has 0 atom stereocenters. The Kier molecular flexibility index (Phi) is 3.57. The maximum absolute atomic E-state index is 10.1. The Morgan fingerprint density at radius 2 is 2.00 bits per heavy atom. The minimum absolute atomic E-state index is 0.477. The van der Waals surface area contributed by atoms with E-state index in [1.807, 2.05) is 13.3 Å². The van der Waals surface area contributed by atoms with Gasteiger partial charge in [0.05, 0.1) is 6.54 Å². The maximum Gasteiger partial charge on any atom is 0.213 e. The van der Waals surface area contributed by atoms with Crippen LogP contribution in [-0.4, -0.2) is 30.8 Å². The molecule has 63 valence electrons. The Labute approximate surface area is 68.6 Å². The molecule has 0 aromatic rings. The van der Waals surface area contributed by atoms with Crippen LogP contribution in [0, 0.1) is 0 Å². The van der Waals surface area contributed by atoms with Gasteiger partial charge in [0, 0.05) is 6.04 Å². The number of hydrogen-bond acceptors (Lipinski definition) is 2. The average molecular weight is 154 g/mol. The Morgan fingerprint density at radius 3 is 2.55 bits per heavy atom. The van der Waals surface area contributed by atoms with Gasteiger partial charge in [0.1, 0.15) is 0 Å². The van der Waals surface area contributed by atoms with Crippen molar-refractivity contribution in [2.75, 3.05) is 13.6 Å². The molecule has 0 aliphatic heterocycles. The lowest BCUT2D eigenvalue weighted by Crippen LogP contribution is -2.34. The molecule has 2 nitrogen and oxygen atoms in total. The van der Waals surface area contributed by atoms with Crippen LogP contribution in [0.4, 0.5) is 0 Å². The molecule has 0 saturated heterocycles. The summed E-state index contributed by atoms with van der Waals surface area (Å²) in [6.07, 6.45) is 8.49. The molecule has 2 heteroatoms. The monoisotopic (exact) mass is 154 g/mol. The predicted molar refractivity (Wildman–Crippen MR) is 45.2 cm³/mol. The second-order valence-electron chi connectivity index (χ2n) is 3.35. The van der Waals surface area contributed by atoms with Crippen molar-refractivity contribution in [3.63, 3.8) is 0 Å². The fraction of sp³-hybridized carbons (Fsp3) is 0.889. The Morgan fingerprint density at radius 1 is 1.36 bits per heavy atom. The zero-order valence-corrected chi connectivity index (χ0v) is 7.18. The topological polar surface area (TPSA) is 20.3 Å². The number of carbonyl (C=O) groups excluding carboxylic acids is 1. The molecule has 11 heavy (non-hydrogen) atoms. The highest BCUT2D eigenvalue weighted by atomic mass is 16.1. The van der Waals surface area contributed by atoms with Crippen molar-refractivity contribution in [1.82, 2.24) is 4.90 Å². The third-order valence-electron chi connectivity index (χ3n) is 2.51. The van der Waals surface area contributed by atoms with E-state index in [0.29, 0.717) is 12.6 Å². The van der Waals surface area contributed by atoms with Crippen LogP contribution < -0.4 is 0 Å². The van der Waals surface area contributed by atoms with Crippen molar-refractivity contribution < 1.29 is 4.79 Å². The van der Waals surface area contributed by atoms with Gasteiger partial charge in [0.25, 0.3) is 0 Å². The van der Waals surface area contributed by atoms with Crippen molar-refractivity contribution in [1.29, 1.82) is 0 Å². The molecule has 0 unspecified atom stereocenters. The SMILES string of the molecule is CN(C[C]=O)C1CCCCC1. The van der Waals surface area contributed by atoms with Crippen LogP contribution in [0.5, 0.6) is 0 Å².